The van der Waals surface area contributed by atoms with Gasteiger partial charge in [0.15, 0.2) is 0 Å². The van der Waals surface area contributed by atoms with Gasteiger partial charge in [-0.3, -0.25) is 0 Å². The van der Waals surface area contributed by atoms with Gasteiger partial charge in [0, 0.05) is 26.1 Å². The first kappa shape index (κ1) is 36.1. The van der Waals surface area contributed by atoms with Crippen molar-refractivity contribution in [2.45, 2.75) is 73.9 Å². The maximum atomic E-state index is 13.1. The Bertz CT molecular complexity index is 614. The minimum Gasteiger partial charge on any atom is -0.396 e. The molecule has 0 saturated carbocycles. The normalized spacial score (nSPS) is 20.4. The lowest BCUT2D eigenvalue weighted by atomic mass is 9.98. The van der Waals surface area contributed by atoms with Crippen LogP contribution in [0.15, 0.2) is 0 Å². The minimum absolute atomic E-state index is 0.0946. The molecule has 2 aliphatic heterocycles. The standard InChI is InChI=1S/C9H11F7O2.C6H7F7O.C3H5ClO/c10-7(8(11,12)13,9(14,15)16)2-1-3-17-4-6-5-18-6;7-4(2-1-3-14,5(8,9)10)6(11,12)13;4-1-3-2-5-3/h6H,1-5H2;14H,1-3H2;3H,1-2H2. The van der Waals surface area contributed by atoms with Gasteiger partial charge in [-0.05, 0) is 12.8 Å². The maximum absolute atomic E-state index is 13.1. The second kappa shape index (κ2) is 14.0. The molecule has 0 amide bonds. The van der Waals surface area contributed by atoms with Crippen LogP contribution in [0.4, 0.5) is 61.5 Å². The van der Waals surface area contributed by atoms with Crippen LogP contribution >= 0.6 is 11.6 Å². The highest BCUT2D eigenvalue weighted by Gasteiger charge is 2.72. The summed E-state index contributed by atoms with van der Waals surface area (Å²) in [6, 6.07) is 0. The SMILES string of the molecule is ClCC1CO1.FC(F)(F)C(F)(CCCOCC1CO1)C(F)(F)F.OCCCC(F)(C(F)(F)F)C(F)(F)F. The van der Waals surface area contributed by atoms with Gasteiger partial charge in [-0.2, -0.15) is 52.7 Å². The summed E-state index contributed by atoms with van der Waals surface area (Å²) >= 11 is 5.27. The van der Waals surface area contributed by atoms with E-state index >= 15 is 0 Å². The average Bonchev–Trinajstić information content (AvgIpc) is 3.63. The van der Waals surface area contributed by atoms with E-state index < -0.39 is 68.3 Å². The smallest absolute Gasteiger partial charge is 0.396 e. The van der Waals surface area contributed by atoms with Gasteiger partial charge in [0.1, 0.15) is 6.10 Å². The Morgan fingerprint density at radius 1 is 0.649 bits per heavy atom. The highest BCUT2D eigenvalue weighted by atomic mass is 35.5. The number of halogens is 15. The Kier molecular flexibility index (Phi) is 13.7. The summed E-state index contributed by atoms with van der Waals surface area (Å²) in [4.78, 5) is 0. The van der Waals surface area contributed by atoms with Crippen LogP contribution in [0.2, 0.25) is 0 Å². The lowest BCUT2D eigenvalue weighted by molar-refractivity contribution is -0.344. The Balaban J connectivity index is 0.000000601. The second-order valence-corrected chi connectivity index (χ2v) is 7.97. The fourth-order valence-electron chi connectivity index (χ4n) is 2.17. The van der Waals surface area contributed by atoms with Crippen molar-refractivity contribution < 1.29 is 80.8 Å². The summed E-state index contributed by atoms with van der Waals surface area (Å²) < 4.78 is 183. The van der Waals surface area contributed by atoms with Crippen molar-refractivity contribution in [3.8, 4) is 0 Å². The molecule has 2 aliphatic rings. The molecule has 2 heterocycles. The molecule has 2 saturated heterocycles. The number of aliphatic hydroxyl groups is 1. The molecule has 2 unspecified atom stereocenters. The van der Waals surface area contributed by atoms with E-state index in [4.69, 9.17) is 30.9 Å². The van der Waals surface area contributed by atoms with E-state index in [0.29, 0.717) is 18.6 Å². The molecular formula is C18H23ClF14O4. The van der Waals surface area contributed by atoms with Gasteiger partial charge in [-0.25, -0.2) is 8.78 Å². The van der Waals surface area contributed by atoms with Crippen molar-refractivity contribution in [3.05, 3.63) is 0 Å². The van der Waals surface area contributed by atoms with Crippen molar-refractivity contribution in [1.82, 2.24) is 0 Å². The highest BCUT2D eigenvalue weighted by molar-refractivity contribution is 6.18. The number of epoxide rings is 2. The fourth-order valence-corrected chi connectivity index (χ4v) is 2.34. The number of hydrogen-bond donors (Lipinski definition) is 1. The van der Waals surface area contributed by atoms with Crippen LogP contribution in [0.25, 0.3) is 0 Å². The van der Waals surface area contributed by atoms with Crippen LogP contribution in [0.5, 0.6) is 0 Å². The summed E-state index contributed by atoms with van der Waals surface area (Å²) in [5, 5.41) is 8.06. The summed E-state index contributed by atoms with van der Waals surface area (Å²) in [6.45, 7) is 0.120. The molecule has 0 radical (unpaired) electrons. The molecule has 2 rings (SSSR count). The number of ether oxygens (including phenoxy) is 3. The van der Waals surface area contributed by atoms with Gasteiger partial charge in [0.2, 0.25) is 0 Å². The summed E-state index contributed by atoms with van der Waals surface area (Å²) in [6.07, 6.45) is -28.8. The van der Waals surface area contributed by atoms with E-state index in [-0.39, 0.29) is 19.3 Å². The van der Waals surface area contributed by atoms with E-state index in [2.05, 4.69) is 0 Å². The number of alkyl halides is 15. The largest absolute Gasteiger partial charge is 0.431 e. The van der Waals surface area contributed by atoms with E-state index in [0.717, 1.165) is 6.61 Å². The quantitative estimate of drug-likeness (QED) is 0.139. The molecule has 4 nitrogen and oxygen atoms in total. The van der Waals surface area contributed by atoms with Gasteiger partial charge < -0.3 is 19.3 Å². The Morgan fingerprint density at radius 2 is 1.00 bits per heavy atom. The summed E-state index contributed by atoms with van der Waals surface area (Å²) in [7, 11) is 0. The Hall–Kier alpha value is -0.850. The highest BCUT2D eigenvalue weighted by Crippen LogP contribution is 2.49. The van der Waals surface area contributed by atoms with Crippen LogP contribution < -0.4 is 0 Å². The average molecular weight is 605 g/mol. The third-order valence-electron chi connectivity index (χ3n) is 4.57. The molecule has 0 aromatic heterocycles. The van der Waals surface area contributed by atoms with Crippen LogP contribution in [0.1, 0.15) is 25.7 Å². The fraction of sp³-hybridized carbons (Fsp3) is 1.00. The lowest BCUT2D eigenvalue weighted by Gasteiger charge is -2.29. The lowest BCUT2D eigenvalue weighted by Crippen LogP contribution is -2.53. The molecule has 224 valence electrons. The van der Waals surface area contributed by atoms with E-state index in [1.807, 2.05) is 0 Å². The molecule has 0 aliphatic carbocycles. The van der Waals surface area contributed by atoms with Crippen molar-refractivity contribution in [2.75, 3.05) is 38.9 Å². The number of aliphatic hydroxyl groups excluding tert-OH is 1. The zero-order chi connectivity index (χ0) is 29.3. The van der Waals surface area contributed by atoms with Crippen LogP contribution in [-0.2, 0) is 14.2 Å². The molecule has 37 heavy (non-hydrogen) atoms. The van der Waals surface area contributed by atoms with Crippen LogP contribution in [-0.4, -0.2) is 92.3 Å². The van der Waals surface area contributed by atoms with E-state index in [1.54, 1.807) is 0 Å². The molecule has 0 aromatic rings. The Labute approximate surface area is 206 Å². The molecule has 2 atom stereocenters. The maximum Gasteiger partial charge on any atom is 0.431 e. The molecule has 0 aromatic carbocycles. The first-order valence-corrected chi connectivity index (χ1v) is 10.7. The third-order valence-corrected chi connectivity index (χ3v) is 4.91. The van der Waals surface area contributed by atoms with Crippen LogP contribution in [0.3, 0.4) is 0 Å². The second-order valence-electron chi connectivity index (χ2n) is 7.66. The molecule has 0 bridgehead atoms. The predicted octanol–water partition coefficient (Wildman–Crippen LogP) is 6.23. The first-order chi connectivity index (χ1) is 16.6. The van der Waals surface area contributed by atoms with Gasteiger partial charge >= 0.3 is 24.7 Å². The van der Waals surface area contributed by atoms with Gasteiger partial charge in [0.25, 0.3) is 11.3 Å². The zero-order valence-corrected chi connectivity index (χ0v) is 19.3. The van der Waals surface area contributed by atoms with Gasteiger partial charge in [-0.1, -0.05) is 0 Å². The molecule has 19 heteroatoms. The van der Waals surface area contributed by atoms with Gasteiger partial charge in [-0.15, -0.1) is 11.6 Å². The molecular weight excluding hydrogens is 582 g/mol. The van der Waals surface area contributed by atoms with Gasteiger partial charge in [0.05, 0.1) is 31.8 Å². The molecule has 0 spiro atoms. The van der Waals surface area contributed by atoms with E-state index in [9.17, 15) is 61.5 Å². The Morgan fingerprint density at radius 3 is 1.24 bits per heavy atom. The topological polar surface area (TPSA) is 54.5 Å². The van der Waals surface area contributed by atoms with Crippen LogP contribution in [0, 0.1) is 0 Å². The third kappa shape index (κ3) is 11.8. The van der Waals surface area contributed by atoms with E-state index in [1.165, 1.54) is 0 Å². The minimum atomic E-state index is -6.01. The zero-order valence-electron chi connectivity index (χ0n) is 18.6. The number of hydrogen-bond acceptors (Lipinski definition) is 4. The van der Waals surface area contributed by atoms with Crippen molar-refractivity contribution >= 4 is 11.6 Å². The number of rotatable bonds is 10. The van der Waals surface area contributed by atoms with Crippen molar-refractivity contribution in [2.24, 2.45) is 0 Å². The first-order valence-electron chi connectivity index (χ1n) is 10.2. The molecule has 2 fully saturated rings. The molecule has 1 N–H and O–H groups in total. The van der Waals surface area contributed by atoms with Crippen molar-refractivity contribution in [3.63, 3.8) is 0 Å². The summed E-state index contributed by atoms with van der Waals surface area (Å²) in [5.74, 6) is 0.667. The predicted molar refractivity (Wildman–Crippen MR) is 98.5 cm³/mol. The summed E-state index contributed by atoms with van der Waals surface area (Å²) in [5.41, 5.74) is -10.4. The monoisotopic (exact) mass is 604 g/mol. The van der Waals surface area contributed by atoms with Crippen molar-refractivity contribution in [1.29, 1.82) is 0 Å².